The summed E-state index contributed by atoms with van der Waals surface area (Å²) in [5.74, 6) is -0.644. The average Bonchev–Trinajstić information content (AvgIpc) is 2.33. The van der Waals surface area contributed by atoms with Gasteiger partial charge in [0.15, 0.2) is 6.04 Å². The van der Waals surface area contributed by atoms with Crippen LogP contribution < -0.4 is 0 Å². The molecule has 1 N–H and O–H groups in total. The molecule has 0 aromatic rings. The number of ether oxygens (including phenoxy) is 2. The Morgan fingerprint density at radius 2 is 1.48 bits per heavy atom. The lowest BCUT2D eigenvalue weighted by Gasteiger charge is -2.40. The zero-order chi connectivity index (χ0) is 18.0. The van der Waals surface area contributed by atoms with E-state index >= 15 is 0 Å². The number of esters is 1. The summed E-state index contributed by atoms with van der Waals surface area (Å²) in [6.45, 7) is 10.4. The van der Waals surface area contributed by atoms with Crippen molar-refractivity contribution in [3.63, 3.8) is 0 Å². The highest BCUT2D eigenvalue weighted by Crippen LogP contribution is 2.19. The van der Waals surface area contributed by atoms with Crippen molar-refractivity contribution in [1.29, 1.82) is 0 Å². The minimum atomic E-state index is -1.14. The molecule has 1 rings (SSSR count). The van der Waals surface area contributed by atoms with Gasteiger partial charge in [-0.05, 0) is 41.5 Å². The molecule has 8 nitrogen and oxygen atoms in total. The Bertz CT molecular complexity index is 477. The monoisotopic (exact) mass is 330 g/mol. The molecular weight excluding hydrogens is 304 g/mol. The van der Waals surface area contributed by atoms with E-state index in [9.17, 15) is 14.4 Å². The molecule has 0 aliphatic carbocycles. The summed E-state index contributed by atoms with van der Waals surface area (Å²) in [5, 5.41) is 9.12. The highest BCUT2D eigenvalue weighted by atomic mass is 16.6. The minimum absolute atomic E-state index is 0.0745. The van der Waals surface area contributed by atoms with Gasteiger partial charge < -0.3 is 19.5 Å². The number of carboxylic acid groups (broad SMARTS) is 1. The fourth-order valence-corrected chi connectivity index (χ4v) is 2.07. The lowest BCUT2D eigenvalue weighted by Crippen LogP contribution is -2.60. The van der Waals surface area contributed by atoms with Gasteiger partial charge in [-0.2, -0.15) is 0 Å². The van der Waals surface area contributed by atoms with Crippen LogP contribution in [0.1, 0.15) is 41.5 Å². The SMILES string of the molecule is CC(C)(C)OC(=O)C1CN(C(=O)O)CCN1C(=O)OC(C)(C)C. The van der Waals surface area contributed by atoms with Crippen LogP contribution in [-0.2, 0) is 14.3 Å². The quantitative estimate of drug-likeness (QED) is 0.738. The van der Waals surface area contributed by atoms with Crippen molar-refractivity contribution in [1.82, 2.24) is 9.80 Å². The lowest BCUT2D eigenvalue weighted by molar-refractivity contribution is -0.163. The second kappa shape index (κ2) is 6.64. The van der Waals surface area contributed by atoms with Crippen LogP contribution in [0.5, 0.6) is 0 Å². The molecule has 8 heteroatoms. The Labute approximate surface area is 136 Å². The number of amides is 2. The molecule has 0 aromatic carbocycles. The maximum Gasteiger partial charge on any atom is 0.411 e. The van der Waals surface area contributed by atoms with Gasteiger partial charge in [0, 0.05) is 13.1 Å². The van der Waals surface area contributed by atoms with Crippen molar-refractivity contribution in [2.45, 2.75) is 58.8 Å². The van der Waals surface area contributed by atoms with Crippen molar-refractivity contribution >= 4 is 18.2 Å². The summed E-state index contributed by atoms with van der Waals surface area (Å²) in [7, 11) is 0. The van der Waals surface area contributed by atoms with E-state index in [0.717, 1.165) is 4.90 Å². The van der Waals surface area contributed by atoms with Crippen LogP contribution in [0.4, 0.5) is 9.59 Å². The zero-order valence-electron chi connectivity index (χ0n) is 14.6. The number of piperazine rings is 1. The Kier molecular flexibility index (Phi) is 5.50. The number of hydrogen-bond acceptors (Lipinski definition) is 5. The summed E-state index contributed by atoms with van der Waals surface area (Å²) in [4.78, 5) is 38.2. The molecule has 1 saturated heterocycles. The molecule has 0 radical (unpaired) electrons. The van der Waals surface area contributed by atoms with Gasteiger partial charge in [0.05, 0.1) is 6.54 Å². The normalized spacial score (nSPS) is 19.3. The number of rotatable bonds is 1. The van der Waals surface area contributed by atoms with Crippen LogP contribution in [0.2, 0.25) is 0 Å². The van der Waals surface area contributed by atoms with Gasteiger partial charge in [0.2, 0.25) is 0 Å². The van der Waals surface area contributed by atoms with E-state index in [1.165, 1.54) is 4.90 Å². The standard InChI is InChI=1S/C15H26N2O6/c1-14(2,3)22-11(18)10-9-16(12(19)20)7-8-17(10)13(21)23-15(4,5)6/h10H,7-9H2,1-6H3,(H,19,20). The van der Waals surface area contributed by atoms with Gasteiger partial charge >= 0.3 is 18.2 Å². The van der Waals surface area contributed by atoms with Crippen LogP contribution in [-0.4, -0.2) is 69.9 Å². The predicted octanol–water partition coefficient (Wildman–Crippen LogP) is 1.93. The molecule has 0 aromatic heterocycles. The first-order valence-corrected chi connectivity index (χ1v) is 7.50. The van der Waals surface area contributed by atoms with E-state index in [1.54, 1.807) is 41.5 Å². The smallest absolute Gasteiger partial charge is 0.411 e. The van der Waals surface area contributed by atoms with E-state index < -0.39 is 35.4 Å². The van der Waals surface area contributed by atoms with E-state index in [1.807, 2.05) is 0 Å². The third kappa shape index (κ3) is 5.96. The molecule has 1 fully saturated rings. The summed E-state index contributed by atoms with van der Waals surface area (Å²) in [6, 6.07) is -1.02. The third-order valence-electron chi connectivity index (χ3n) is 2.96. The number of hydrogen-bond donors (Lipinski definition) is 1. The number of carbonyl (C=O) groups excluding carboxylic acids is 2. The van der Waals surface area contributed by atoms with Crippen molar-refractivity contribution in [3.05, 3.63) is 0 Å². The van der Waals surface area contributed by atoms with Gasteiger partial charge in [-0.15, -0.1) is 0 Å². The van der Waals surface area contributed by atoms with Gasteiger partial charge in [0.1, 0.15) is 11.2 Å². The first-order valence-electron chi connectivity index (χ1n) is 7.50. The predicted molar refractivity (Wildman–Crippen MR) is 82.2 cm³/mol. The first-order chi connectivity index (χ1) is 10.3. The second-order valence-corrected chi connectivity index (χ2v) is 7.45. The Morgan fingerprint density at radius 3 is 1.91 bits per heavy atom. The number of carbonyl (C=O) groups is 3. The number of nitrogens with zero attached hydrogens (tertiary/aromatic N) is 2. The Balaban J connectivity index is 2.95. The lowest BCUT2D eigenvalue weighted by atomic mass is 10.1. The van der Waals surface area contributed by atoms with Gasteiger partial charge in [-0.1, -0.05) is 0 Å². The summed E-state index contributed by atoms with van der Waals surface area (Å²) in [6.07, 6.45) is -1.79. The highest BCUT2D eigenvalue weighted by Gasteiger charge is 2.41. The van der Waals surface area contributed by atoms with E-state index in [-0.39, 0.29) is 19.6 Å². The molecule has 2 amide bonds. The van der Waals surface area contributed by atoms with Crippen molar-refractivity contribution in [3.8, 4) is 0 Å². The fraction of sp³-hybridized carbons (Fsp3) is 0.800. The van der Waals surface area contributed by atoms with Gasteiger partial charge in [-0.3, -0.25) is 4.90 Å². The summed E-state index contributed by atoms with van der Waals surface area (Å²) in [5.41, 5.74) is -1.44. The largest absolute Gasteiger partial charge is 0.465 e. The highest BCUT2D eigenvalue weighted by molar-refractivity contribution is 5.83. The molecule has 132 valence electrons. The maximum atomic E-state index is 12.4. The van der Waals surface area contributed by atoms with Crippen LogP contribution in [0.25, 0.3) is 0 Å². The summed E-state index contributed by atoms with van der Waals surface area (Å²) >= 11 is 0. The maximum absolute atomic E-state index is 12.4. The van der Waals surface area contributed by atoms with Crippen LogP contribution in [0.15, 0.2) is 0 Å². The zero-order valence-corrected chi connectivity index (χ0v) is 14.6. The molecule has 1 atom stereocenters. The average molecular weight is 330 g/mol. The van der Waals surface area contributed by atoms with Gasteiger partial charge in [0.25, 0.3) is 0 Å². The summed E-state index contributed by atoms with van der Waals surface area (Å²) < 4.78 is 10.6. The van der Waals surface area contributed by atoms with Crippen LogP contribution in [0, 0.1) is 0 Å². The molecule has 0 bridgehead atoms. The molecule has 0 saturated carbocycles. The Morgan fingerprint density at radius 1 is 0.957 bits per heavy atom. The van der Waals surface area contributed by atoms with Crippen molar-refractivity contribution in [2.75, 3.05) is 19.6 Å². The Hall–Kier alpha value is -1.99. The molecule has 1 heterocycles. The molecule has 23 heavy (non-hydrogen) atoms. The fourth-order valence-electron chi connectivity index (χ4n) is 2.07. The molecule has 1 aliphatic heterocycles. The van der Waals surface area contributed by atoms with Crippen molar-refractivity contribution in [2.24, 2.45) is 0 Å². The third-order valence-corrected chi connectivity index (χ3v) is 2.96. The van der Waals surface area contributed by atoms with Crippen LogP contribution >= 0.6 is 0 Å². The minimum Gasteiger partial charge on any atom is -0.465 e. The second-order valence-electron chi connectivity index (χ2n) is 7.45. The van der Waals surface area contributed by atoms with E-state index in [4.69, 9.17) is 14.6 Å². The topological polar surface area (TPSA) is 96.4 Å². The van der Waals surface area contributed by atoms with E-state index in [0.29, 0.717) is 0 Å². The van der Waals surface area contributed by atoms with E-state index in [2.05, 4.69) is 0 Å². The molecular formula is C15H26N2O6. The molecule has 1 aliphatic rings. The molecule has 0 spiro atoms. The van der Waals surface area contributed by atoms with Crippen molar-refractivity contribution < 1.29 is 29.0 Å². The van der Waals surface area contributed by atoms with Gasteiger partial charge in [-0.25, -0.2) is 14.4 Å². The molecule has 1 unspecified atom stereocenters. The first kappa shape index (κ1) is 19.1. The van der Waals surface area contributed by atoms with Crippen LogP contribution in [0.3, 0.4) is 0 Å².